The Balaban J connectivity index is 1.83. The van der Waals surface area contributed by atoms with E-state index in [9.17, 15) is 4.79 Å². The van der Waals surface area contributed by atoms with E-state index in [1.807, 2.05) is 62.3 Å². The van der Waals surface area contributed by atoms with Crippen molar-refractivity contribution in [3.8, 4) is 5.75 Å². The predicted octanol–water partition coefficient (Wildman–Crippen LogP) is 2.46. The predicted molar refractivity (Wildman–Crippen MR) is 95.4 cm³/mol. The quantitative estimate of drug-likeness (QED) is 0.855. The lowest BCUT2D eigenvalue weighted by Gasteiger charge is -2.13. The molecule has 1 heterocycles. The summed E-state index contributed by atoms with van der Waals surface area (Å²) in [7, 11) is 5.51. The fourth-order valence-electron chi connectivity index (χ4n) is 2.28. The third-order valence-corrected chi connectivity index (χ3v) is 3.59. The smallest absolute Gasteiger partial charge is 0.315 e. The molecule has 6 nitrogen and oxygen atoms in total. The fraction of sp³-hybridized carbons (Fsp3) is 0.333. The van der Waals surface area contributed by atoms with E-state index in [1.54, 1.807) is 7.11 Å². The van der Waals surface area contributed by atoms with Crippen LogP contribution in [0, 0.1) is 6.92 Å². The zero-order chi connectivity index (χ0) is 17.5. The van der Waals surface area contributed by atoms with Crippen molar-refractivity contribution in [3.05, 3.63) is 53.2 Å². The number of carbonyl (C=O) groups excluding carboxylic acids is 1. The number of pyridine rings is 1. The normalized spacial score (nSPS) is 10.2. The molecule has 0 aliphatic heterocycles. The molecular formula is C18H24N4O2. The maximum atomic E-state index is 11.9. The van der Waals surface area contributed by atoms with E-state index in [2.05, 4.69) is 15.6 Å². The molecule has 0 atom stereocenters. The van der Waals surface area contributed by atoms with E-state index >= 15 is 0 Å². The number of aryl methyl sites for hydroxylation is 1. The van der Waals surface area contributed by atoms with E-state index in [1.165, 1.54) is 0 Å². The molecule has 0 saturated carbocycles. The summed E-state index contributed by atoms with van der Waals surface area (Å²) in [5.41, 5.74) is 2.88. The molecule has 2 N–H and O–H groups in total. The Morgan fingerprint density at radius 1 is 1.17 bits per heavy atom. The van der Waals surface area contributed by atoms with Crippen molar-refractivity contribution in [2.24, 2.45) is 0 Å². The summed E-state index contributed by atoms with van der Waals surface area (Å²) in [5, 5.41) is 5.66. The van der Waals surface area contributed by atoms with Crippen molar-refractivity contribution >= 4 is 11.8 Å². The van der Waals surface area contributed by atoms with Gasteiger partial charge in [-0.3, -0.25) is 0 Å². The van der Waals surface area contributed by atoms with Gasteiger partial charge in [-0.25, -0.2) is 9.78 Å². The monoisotopic (exact) mass is 328 g/mol. The Morgan fingerprint density at radius 2 is 1.92 bits per heavy atom. The highest BCUT2D eigenvalue weighted by Crippen LogP contribution is 2.18. The van der Waals surface area contributed by atoms with E-state index in [4.69, 9.17) is 4.74 Å². The summed E-state index contributed by atoms with van der Waals surface area (Å²) < 4.78 is 5.23. The molecule has 2 aromatic rings. The number of carbonyl (C=O) groups is 1. The second kappa shape index (κ2) is 8.19. The van der Waals surface area contributed by atoms with Crippen LogP contribution < -0.4 is 20.3 Å². The minimum Gasteiger partial charge on any atom is -0.496 e. The lowest BCUT2D eigenvalue weighted by Crippen LogP contribution is -2.34. The van der Waals surface area contributed by atoms with Gasteiger partial charge >= 0.3 is 6.03 Å². The van der Waals surface area contributed by atoms with Crippen LogP contribution in [0.5, 0.6) is 5.75 Å². The lowest BCUT2D eigenvalue weighted by molar-refractivity contribution is 0.240. The lowest BCUT2D eigenvalue weighted by atomic mass is 10.1. The van der Waals surface area contributed by atoms with Crippen LogP contribution in [0.4, 0.5) is 10.6 Å². The first kappa shape index (κ1) is 17.6. The van der Waals surface area contributed by atoms with E-state index in [-0.39, 0.29) is 6.03 Å². The number of aromatic nitrogens is 1. The number of methoxy groups -OCH3 is 1. The van der Waals surface area contributed by atoms with Crippen LogP contribution in [0.15, 0.2) is 36.4 Å². The molecule has 128 valence electrons. The van der Waals surface area contributed by atoms with Gasteiger partial charge in [-0.2, -0.15) is 0 Å². The van der Waals surface area contributed by atoms with Gasteiger partial charge < -0.3 is 20.3 Å². The zero-order valence-electron chi connectivity index (χ0n) is 14.6. The summed E-state index contributed by atoms with van der Waals surface area (Å²) in [6.45, 7) is 2.82. The number of urea groups is 1. The minimum absolute atomic E-state index is 0.222. The van der Waals surface area contributed by atoms with Crippen LogP contribution in [0.1, 0.15) is 16.8 Å². The molecule has 2 rings (SSSR count). The van der Waals surface area contributed by atoms with Crippen molar-refractivity contribution in [1.29, 1.82) is 0 Å². The number of rotatable bonds is 6. The molecule has 0 aliphatic rings. The van der Waals surface area contributed by atoms with Crippen LogP contribution in [-0.4, -0.2) is 32.2 Å². The highest BCUT2D eigenvalue weighted by molar-refractivity contribution is 5.73. The van der Waals surface area contributed by atoms with Gasteiger partial charge in [0.15, 0.2) is 0 Å². The van der Waals surface area contributed by atoms with Gasteiger partial charge in [0.25, 0.3) is 0 Å². The number of anilines is 1. The maximum Gasteiger partial charge on any atom is 0.315 e. The Labute approximate surface area is 142 Å². The van der Waals surface area contributed by atoms with Gasteiger partial charge in [0.1, 0.15) is 11.6 Å². The zero-order valence-corrected chi connectivity index (χ0v) is 14.6. The standard InChI is InChI=1S/C18H24N4O2/c1-13-10-14(8-9-16(13)24-4)11-19-18(23)20-12-15-6-5-7-17(21-15)22(2)3/h5-10H,11-12H2,1-4H3,(H2,19,20,23). The topological polar surface area (TPSA) is 66.5 Å². The molecule has 0 fully saturated rings. The molecule has 0 aliphatic carbocycles. The largest absolute Gasteiger partial charge is 0.496 e. The highest BCUT2D eigenvalue weighted by Gasteiger charge is 2.05. The summed E-state index contributed by atoms with van der Waals surface area (Å²) >= 11 is 0. The van der Waals surface area contributed by atoms with E-state index in [0.29, 0.717) is 13.1 Å². The van der Waals surface area contributed by atoms with Crippen LogP contribution in [0.2, 0.25) is 0 Å². The summed E-state index contributed by atoms with van der Waals surface area (Å²) in [6.07, 6.45) is 0. The van der Waals surface area contributed by atoms with Crippen LogP contribution in [-0.2, 0) is 13.1 Å². The molecule has 0 spiro atoms. The van der Waals surface area contributed by atoms with Crippen molar-refractivity contribution in [3.63, 3.8) is 0 Å². The molecule has 1 aromatic carbocycles. The molecule has 2 amide bonds. The van der Waals surface area contributed by atoms with Gasteiger partial charge in [-0.15, -0.1) is 0 Å². The molecule has 0 unspecified atom stereocenters. The molecule has 1 aromatic heterocycles. The number of nitrogens with zero attached hydrogens (tertiary/aromatic N) is 2. The van der Waals surface area contributed by atoms with E-state index < -0.39 is 0 Å². The molecule has 0 radical (unpaired) electrons. The number of hydrogen-bond donors (Lipinski definition) is 2. The fourth-order valence-corrected chi connectivity index (χ4v) is 2.28. The van der Waals surface area contributed by atoms with Crippen molar-refractivity contribution in [2.75, 3.05) is 26.1 Å². The summed E-state index contributed by atoms with van der Waals surface area (Å²) in [4.78, 5) is 18.3. The van der Waals surface area contributed by atoms with Gasteiger partial charge in [-0.05, 0) is 36.2 Å². The van der Waals surface area contributed by atoms with Gasteiger partial charge in [0.2, 0.25) is 0 Å². The molecular weight excluding hydrogens is 304 g/mol. The van der Waals surface area contributed by atoms with Crippen molar-refractivity contribution < 1.29 is 9.53 Å². The Kier molecular flexibility index (Phi) is 6.01. The summed E-state index contributed by atoms with van der Waals surface area (Å²) in [5.74, 6) is 1.71. The maximum absolute atomic E-state index is 11.9. The number of nitrogens with one attached hydrogen (secondary N) is 2. The molecule has 0 saturated heterocycles. The Bertz CT molecular complexity index is 701. The van der Waals surface area contributed by atoms with Crippen LogP contribution in [0.3, 0.4) is 0 Å². The van der Waals surface area contributed by atoms with Crippen molar-refractivity contribution in [2.45, 2.75) is 20.0 Å². The first-order valence-corrected chi connectivity index (χ1v) is 7.78. The number of amides is 2. The van der Waals surface area contributed by atoms with Crippen LogP contribution in [0.25, 0.3) is 0 Å². The van der Waals surface area contributed by atoms with Gasteiger partial charge in [-0.1, -0.05) is 18.2 Å². The second-order valence-electron chi connectivity index (χ2n) is 5.72. The number of ether oxygens (including phenoxy) is 1. The number of benzene rings is 1. The van der Waals surface area contributed by atoms with Gasteiger partial charge in [0, 0.05) is 20.6 Å². The van der Waals surface area contributed by atoms with E-state index in [0.717, 1.165) is 28.4 Å². The average molecular weight is 328 g/mol. The minimum atomic E-state index is -0.222. The first-order chi connectivity index (χ1) is 11.5. The first-order valence-electron chi connectivity index (χ1n) is 7.78. The van der Waals surface area contributed by atoms with Gasteiger partial charge in [0.05, 0.1) is 19.3 Å². The Hall–Kier alpha value is -2.76. The third-order valence-electron chi connectivity index (χ3n) is 3.59. The van der Waals surface area contributed by atoms with Crippen molar-refractivity contribution in [1.82, 2.24) is 15.6 Å². The highest BCUT2D eigenvalue weighted by atomic mass is 16.5. The third kappa shape index (κ3) is 4.87. The molecule has 0 bridgehead atoms. The molecule has 6 heteroatoms. The average Bonchev–Trinajstić information content (AvgIpc) is 2.58. The van der Waals surface area contributed by atoms with Crippen LogP contribution >= 0.6 is 0 Å². The summed E-state index contributed by atoms with van der Waals surface area (Å²) in [6, 6.07) is 11.4. The number of hydrogen-bond acceptors (Lipinski definition) is 4. The second-order valence-corrected chi connectivity index (χ2v) is 5.72. The molecule has 24 heavy (non-hydrogen) atoms. The SMILES string of the molecule is COc1ccc(CNC(=O)NCc2cccc(N(C)C)n2)cc1C. The Morgan fingerprint density at radius 3 is 2.58 bits per heavy atom.